The summed E-state index contributed by atoms with van der Waals surface area (Å²) in [6.07, 6.45) is 0.704. The molecule has 8 nitrogen and oxygen atoms in total. The van der Waals surface area contributed by atoms with Crippen LogP contribution in [0.15, 0.2) is 15.3 Å². The molecule has 0 fully saturated rings. The lowest BCUT2D eigenvalue weighted by Gasteiger charge is -2.04. The van der Waals surface area contributed by atoms with Crippen molar-refractivity contribution >= 4 is 29.1 Å². The Kier molecular flexibility index (Phi) is 7.74. The van der Waals surface area contributed by atoms with Gasteiger partial charge in [0.25, 0.3) is 0 Å². The number of amides is 2. The molecule has 0 unspecified atom stereocenters. The predicted octanol–water partition coefficient (Wildman–Crippen LogP) is 0.821. The van der Waals surface area contributed by atoms with E-state index in [0.29, 0.717) is 6.42 Å². The molecule has 0 rings (SSSR count). The Balaban J connectivity index is 5.22. The van der Waals surface area contributed by atoms with Crippen LogP contribution in [0, 0.1) is 0 Å². The second kappa shape index (κ2) is 8.78. The van der Waals surface area contributed by atoms with Crippen LogP contribution in [0.25, 0.3) is 0 Å². The zero-order chi connectivity index (χ0) is 14.8. The van der Waals surface area contributed by atoms with Gasteiger partial charge in [-0.05, 0) is 27.2 Å². The van der Waals surface area contributed by atoms with E-state index in [9.17, 15) is 9.59 Å². The maximum atomic E-state index is 11.7. The standard InChI is InChI=1S/C11H19N5O3/c1-5-7(3)13-15-9(10(17)19-6-2)8(4)14-16-11(12)18/h5-6H2,1-4H3,(H3,12,16,18)/b13-7+,14-8+,15-9-. The van der Waals surface area contributed by atoms with Crippen LogP contribution in [0.3, 0.4) is 0 Å². The molecule has 0 atom stereocenters. The molecule has 0 aromatic carbocycles. The van der Waals surface area contributed by atoms with Gasteiger partial charge in [-0.25, -0.2) is 15.0 Å². The number of nitrogens with one attached hydrogen (secondary N) is 1. The quantitative estimate of drug-likeness (QED) is 0.422. The minimum absolute atomic E-state index is 0.0802. The maximum absolute atomic E-state index is 11.7. The molecule has 0 aliphatic rings. The summed E-state index contributed by atoms with van der Waals surface area (Å²) in [6.45, 7) is 7.05. The minimum atomic E-state index is -0.837. The number of carbonyl (C=O) groups is 2. The van der Waals surface area contributed by atoms with Crippen molar-refractivity contribution in [3.63, 3.8) is 0 Å². The number of rotatable bonds is 6. The Morgan fingerprint density at radius 2 is 1.84 bits per heavy atom. The van der Waals surface area contributed by atoms with E-state index in [1.54, 1.807) is 13.8 Å². The Hall–Kier alpha value is -2.25. The highest BCUT2D eigenvalue weighted by Gasteiger charge is 2.17. The average Bonchev–Trinajstić information content (AvgIpc) is 2.36. The number of ether oxygens (including phenoxy) is 1. The van der Waals surface area contributed by atoms with Crippen molar-refractivity contribution in [1.82, 2.24) is 5.43 Å². The van der Waals surface area contributed by atoms with Gasteiger partial charge in [0.1, 0.15) is 0 Å². The molecule has 106 valence electrons. The fourth-order valence-electron chi connectivity index (χ4n) is 0.858. The van der Waals surface area contributed by atoms with Crippen molar-refractivity contribution in [2.45, 2.75) is 34.1 Å². The minimum Gasteiger partial charge on any atom is -0.461 e. The highest BCUT2D eigenvalue weighted by molar-refractivity contribution is 6.65. The van der Waals surface area contributed by atoms with Gasteiger partial charge in [0.2, 0.25) is 0 Å². The van der Waals surface area contributed by atoms with Crippen molar-refractivity contribution in [2.24, 2.45) is 21.0 Å². The molecule has 0 radical (unpaired) electrons. The molecule has 0 saturated carbocycles. The number of urea groups is 1. The summed E-state index contributed by atoms with van der Waals surface area (Å²) in [5.41, 5.74) is 7.72. The molecule has 0 heterocycles. The van der Waals surface area contributed by atoms with Gasteiger partial charge >= 0.3 is 12.0 Å². The van der Waals surface area contributed by atoms with Crippen LogP contribution in [0.2, 0.25) is 0 Å². The van der Waals surface area contributed by atoms with E-state index in [4.69, 9.17) is 10.5 Å². The topological polar surface area (TPSA) is 118 Å². The van der Waals surface area contributed by atoms with E-state index < -0.39 is 12.0 Å². The first-order valence-electron chi connectivity index (χ1n) is 5.80. The SMILES string of the molecule is CCOC(=O)C(=N\N=C(/C)CC)/C(C)=N/NC(N)=O. The first-order chi connectivity index (χ1) is 8.92. The van der Waals surface area contributed by atoms with Gasteiger partial charge in [-0.2, -0.15) is 10.2 Å². The Labute approximate surface area is 111 Å². The summed E-state index contributed by atoms with van der Waals surface area (Å²) in [4.78, 5) is 22.2. The number of esters is 1. The van der Waals surface area contributed by atoms with E-state index in [2.05, 4.69) is 15.3 Å². The normalized spacial score (nSPS) is 13.2. The second-order valence-corrected chi connectivity index (χ2v) is 3.53. The Bertz CT molecular complexity index is 426. The molecular formula is C11H19N5O3. The van der Waals surface area contributed by atoms with Gasteiger partial charge in [-0.3, -0.25) is 0 Å². The Morgan fingerprint density at radius 3 is 2.32 bits per heavy atom. The molecule has 0 spiro atoms. The number of primary amides is 1. The largest absolute Gasteiger partial charge is 0.461 e. The summed E-state index contributed by atoms with van der Waals surface area (Å²) in [6, 6.07) is -0.837. The van der Waals surface area contributed by atoms with Gasteiger partial charge in [0.15, 0.2) is 5.71 Å². The predicted molar refractivity (Wildman–Crippen MR) is 73.3 cm³/mol. The van der Waals surface area contributed by atoms with Gasteiger partial charge in [-0.15, -0.1) is 5.10 Å². The van der Waals surface area contributed by atoms with Crippen LogP contribution in [0.4, 0.5) is 4.79 Å². The number of hydrazone groups is 1. The molecule has 0 saturated heterocycles. The maximum Gasteiger partial charge on any atom is 0.360 e. The average molecular weight is 269 g/mol. The van der Waals surface area contributed by atoms with Gasteiger partial charge < -0.3 is 10.5 Å². The first kappa shape index (κ1) is 16.8. The fourth-order valence-corrected chi connectivity index (χ4v) is 0.858. The van der Waals surface area contributed by atoms with E-state index in [1.807, 2.05) is 12.3 Å². The van der Waals surface area contributed by atoms with Crippen molar-refractivity contribution in [3.05, 3.63) is 0 Å². The molecule has 0 aliphatic carbocycles. The zero-order valence-electron chi connectivity index (χ0n) is 11.6. The second-order valence-electron chi connectivity index (χ2n) is 3.53. The molecule has 0 aromatic heterocycles. The molecule has 3 N–H and O–H groups in total. The lowest BCUT2D eigenvalue weighted by Crippen LogP contribution is -2.30. The molecule has 0 aliphatic heterocycles. The van der Waals surface area contributed by atoms with Gasteiger partial charge in [0, 0.05) is 5.71 Å². The number of carbonyl (C=O) groups excluding carboxylic acids is 2. The third-order valence-corrected chi connectivity index (χ3v) is 1.98. The monoisotopic (exact) mass is 269 g/mol. The number of nitrogens with zero attached hydrogens (tertiary/aromatic N) is 3. The molecule has 2 amide bonds. The molecule has 8 heteroatoms. The number of nitrogens with two attached hydrogens (primary N) is 1. The van der Waals surface area contributed by atoms with Crippen molar-refractivity contribution in [2.75, 3.05) is 6.61 Å². The van der Waals surface area contributed by atoms with Crippen LogP contribution < -0.4 is 11.2 Å². The smallest absolute Gasteiger partial charge is 0.360 e. The third kappa shape index (κ3) is 6.92. The van der Waals surface area contributed by atoms with Crippen LogP contribution in [0.1, 0.15) is 34.1 Å². The number of hydrogen-bond donors (Lipinski definition) is 2. The summed E-state index contributed by atoms with van der Waals surface area (Å²) >= 11 is 0. The molecule has 0 bridgehead atoms. The Morgan fingerprint density at radius 1 is 1.21 bits per heavy atom. The number of hydrogen-bond acceptors (Lipinski definition) is 6. The van der Waals surface area contributed by atoms with E-state index in [1.165, 1.54) is 6.92 Å². The highest BCUT2D eigenvalue weighted by Crippen LogP contribution is 1.94. The van der Waals surface area contributed by atoms with E-state index in [0.717, 1.165) is 5.71 Å². The van der Waals surface area contributed by atoms with Crippen molar-refractivity contribution in [3.8, 4) is 0 Å². The summed E-state index contributed by atoms with van der Waals surface area (Å²) < 4.78 is 4.83. The van der Waals surface area contributed by atoms with Crippen LogP contribution >= 0.6 is 0 Å². The molecule has 19 heavy (non-hydrogen) atoms. The lowest BCUT2D eigenvalue weighted by molar-refractivity contribution is -0.134. The van der Waals surface area contributed by atoms with Crippen LogP contribution in [0.5, 0.6) is 0 Å². The molecule has 0 aromatic rings. The lowest BCUT2D eigenvalue weighted by atomic mass is 10.2. The highest BCUT2D eigenvalue weighted by atomic mass is 16.5. The molecular weight excluding hydrogens is 250 g/mol. The third-order valence-electron chi connectivity index (χ3n) is 1.98. The zero-order valence-corrected chi connectivity index (χ0v) is 11.6. The van der Waals surface area contributed by atoms with Gasteiger partial charge in [-0.1, -0.05) is 6.92 Å². The van der Waals surface area contributed by atoms with E-state index >= 15 is 0 Å². The van der Waals surface area contributed by atoms with Crippen LogP contribution in [-0.2, 0) is 9.53 Å². The van der Waals surface area contributed by atoms with E-state index in [-0.39, 0.29) is 18.0 Å². The van der Waals surface area contributed by atoms with Crippen molar-refractivity contribution < 1.29 is 14.3 Å². The first-order valence-corrected chi connectivity index (χ1v) is 5.80. The van der Waals surface area contributed by atoms with Crippen molar-refractivity contribution in [1.29, 1.82) is 0 Å². The summed E-state index contributed by atoms with van der Waals surface area (Å²) in [7, 11) is 0. The summed E-state index contributed by atoms with van der Waals surface area (Å²) in [5, 5.41) is 11.3. The fraction of sp³-hybridized carbons (Fsp3) is 0.545. The summed E-state index contributed by atoms with van der Waals surface area (Å²) in [5.74, 6) is -0.664. The van der Waals surface area contributed by atoms with Gasteiger partial charge in [0.05, 0.1) is 12.3 Å². The van der Waals surface area contributed by atoms with Crippen LogP contribution in [-0.4, -0.2) is 35.7 Å².